The summed E-state index contributed by atoms with van der Waals surface area (Å²) in [7, 11) is 1.46. The van der Waals surface area contributed by atoms with Crippen LogP contribution in [0.4, 0.5) is 0 Å². The Hall–Kier alpha value is -1.62. The quantitative estimate of drug-likeness (QED) is 0.795. The van der Waals surface area contributed by atoms with E-state index in [2.05, 4.69) is 16.9 Å². The first kappa shape index (κ1) is 15.3. The molecule has 0 amide bonds. The highest BCUT2D eigenvalue weighted by Gasteiger charge is 2.45. The van der Waals surface area contributed by atoms with Crippen LogP contribution in [0.1, 0.15) is 45.4 Å². The topological polar surface area (TPSA) is 56.5 Å². The number of halogens is 1. The van der Waals surface area contributed by atoms with Gasteiger partial charge in [0.05, 0.1) is 18.7 Å². The molecule has 0 spiro atoms. The molecule has 0 radical (unpaired) electrons. The molecule has 0 bridgehead atoms. The first-order chi connectivity index (χ1) is 10.4. The lowest BCUT2D eigenvalue weighted by Gasteiger charge is -2.40. The average Bonchev–Trinajstić information content (AvgIpc) is 2.96. The minimum absolute atomic E-state index is 0.0787. The average molecular weight is 322 g/mol. The molecule has 22 heavy (non-hydrogen) atoms. The summed E-state index contributed by atoms with van der Waals surface area (Å²) in [6.45, 7) is 4.19. The predicted octanol–water partition coefficient (Wildman–Crippen LogP) is 3.39. The van der Waals surface area contributed by atoms with Crippen molar-refractivity contribution in [3.8, 4) is 0 Å². The van der Waals surface area contributed by atoms with Gasteiger partial charge in [-0.15, -0.1) is 0 Å². The zero-order chi connectivity index (χ0) is 16.0. The fraction of sp³-hybridized carbons (Fsp3) is 0.562. The molecule has 1 fully saturated rings. The summed E-state index contributed by atoms with van der Waals surface area (Å²) in [6, 6.07) is 0. The van der Waals surface area contributed by atoms with Gasteiger partial charge in [0.15, 0.2) is 5.15 Å². The maximum atomic E-state index is 12.0. The van der Waals surface area contributed by atoms with Crippen LogP contribution in [-0.2, 0) is 14.9 Å². The van der Waals surface area contributed by atoms with Crippen LogP contribution in [0.3, 0.4) is 0 Å². The van der Waals surface area contributed by atoms with Crippen molar-refractivity contribution in [3.63, 3.8) is 0 Å². The molecule has 0 atom stereocenters. The van der Waals surface area contributed by atoms with Gasteiger partial charge in [-0.25, -0.2) is 9.97 Å². The minimum Gasteiger partial charge on any atom is -0.469 e. The Balaban J connectivity index is 1.92. The second-order valence-corrected chi connectivity index (χ2v) is 7.03. The van der Waals surface area contributed by atoms with Crippen LogP contribution in [0.2, 0.25) is 5.15 Å². The fourth-order valence-corrected chi connectivity index (χ4v) is 3.57. The van der Waals surface area contributed by atoms with E-state index in [9.17, 15) is 4.79 Å². The number of esters is 1. The Bertz CT molecular complexity index is 717. The second-order valence-electron chi connectivity index (χ2n) is 6.67. The van der Waals surface area contributed by atoms with Crippen LogP contribution < -0.4 is 0 Å². The van der Waals surface area contributed by atoms with Crippen LogP contribution in [0.25, 0.3) is 5.52 Å². The van der Waals surface area contributed by atoms with Crippen LogP contribution in [0.5, 0.6) is 0 Å². The van der Waals surface area contributed by atoms with E-state index in [0.29, 0.717) is 5.15 Å². The predicted molar refractivity (Wildman–Crippen MR) is 83.9 cm³/mol. The molecular weight excluding hydrogens is 302 g/mol. The van der Waals surface area contributed by atoms with Crippen molar-refractivity contribution in [1.82, 2.24) is 14.4 Å². The molecule has 0 saturated heterocycles. The number of hydrogen-bond donors (Lipinski definition) is 0. The molecule has 0 unspecified atom stereocenters. The number of carbonyl (C=O) groups is 1. The zero-order valence-electron chi connectivity index (χ0n) is 13.1. The van der Waals surface area contributed by atoms with Gasteiger partial charge in [0.2, 0.25) is 0 Å². The molecule has 3 rings (SSSR count). The third-order valence-electron chi connectivity index (χ3n) is 5.09. The van der Waals surface area contributed by atoms with Crippen molar-refractivity contribution in [2.24, 2.45) is 5.41 Å². The SMILES string of the molecule is COC(=O)[C@]1(C)CC[C@@](C)(c2ncc3c(Cl)nccn32)CC1. The summed E-state index contributed by atoms with van der Waals surface area (Å²) >= 11 is 6.13. The highest BCUT2D eigenvalue weighted by Crippen LogP contribution is 2.47. The van der Waals surface area contributed by atoms with Gasteiger partial charge >= 0.3 is 5.97 Å². The molecule has 1 aliphatic rings. The molecule has 1 aliphatic carbocycles. The van der Waals surface area contributed by atoms with E-state index < -0.39 is 0 Å². The van der Waals surface area contributed by atoms with E-state index in [-0.39, 0.29) is 16.8 Å². The van der Waals surface area contributed by atoms with E-state index >= 15 is 0 Å². The van der Waals surface area contributed by atoms with Crippen molar-refractivity contribution in [2.45, 2.75) is 44.9 Å². The fourth-order valence-electron chi connectivity index (χ4n) is 3.37. The van der Waals surface area contributed by atoms with Crippen LogP contribution >= 0.6 is 11.6 Å². The summed E-state index contributed by atoms with van der Waals surface area (Å²) < 4.78 is 6.96. The van der Waals surface area contributed by atoms with Gasteiger partial charge in [0.1, 0.15) is 11.3 Å². The van der Waals surface area contributed by atoms with Gasteiger partial charge in [-0.05, 0) is 32.6 Å². The molecular formula is C16H20ClN3O2. The van der Waals surface area contributed by atoms with Gasteiger partial charge in [-0.3, -0.25) is 9.20 Å². The van der Waals surface area contributed by atoms with Crippen molar-refractivity contribution in [3.05, 3.63) is 29.6 Å². The molecule has 2 aromatic heterocycles. The van der Waals surface area contributed by atoms with Crippen LogP contribution in [-0.4, -0.2) is 27.4 Å². The normalized spacial score (nSPS) is 28.7. The number of hydrogen-bond acceptors (Lipinski definition) is 4. The first-order valence-corrected chi connectivity index (χ1v) is 7.84. The standard InChI is InChI=1S/C16H20ClN3O2/c1-15(4-6-16(2,7-5-15)14(21)22-3)13-19-10-11-12(17)18-8-9-20(11)13/h8-10H,4-7H2,1-3H3/t15-,16-. The third kappa shape index (κ3) is 2.28. The summed E-state index contributed by atoms with van der Waals surface area (Å²) in [5.74, 6) is 0.869. The van der Waals surface area contributed by atoms with Gasteiger partial charge in [-0.2, -0.15) is 0 Å². The molecule has 118 valence electrons. The Morgan fingerprint density at radius 1 is 1.27 bits per heavy atom. The Kier molecular flexibility index (Phi) is 3.63. The number of methoxy groups -OCH3 is 1. The number of fused-ring (bicyclic) bond motifs is 1. The summed E-state index contributed by atoms with van der Waals surface area (Å²) in [4.78, 5) is 20.7. The van der Waals surface area contributed by atoms with E-state index in [0.717, 1.165) is 37.0 Å². The third-order valence-corrected chi connectivity index (χ3v) is 5.38. The van der Waals surface area contributed by atoms with Gasteiger partial charge in [0.25, 0.3) is 0 Å². The maximum Gasteiger partial charge on any atom is 0.311 e. The molecule has 5 nitrogen and oxygen atoms in total. The number of imidazole rings is 1. The molecule has 0 aliphatic heterocycles. The van der Waals surface area contributed by atoms with E-state index in [4.69, 9.17) is 16.3 Å². The minimum atomic E-state index is -0.388. The number of carbonyl (C=O) groups excluding carboxylic acids is 1. The van der Waals surface area contributed by atoms with E-state index in [1.807, 2.05) is 17.5 Å². The second kappa shape index (κ2) is 5.23. The van der Waals surface area contributed by atoms with Gasteiger partial charge in [0, 0.05) is 17.8 Å². The van der Waals surface area contributed by atoms with E-state index in [1.165, 1.54) is 7.11 Å². The maximum absolute atomic E-state index is 12.0. The highest BCUT2D eigenvalue weighted by atomic mass is 35.5. The molecule has 6 heteroatoms. The van der Waals surface area contributed by atoms with Crippen molar-refractivity contribution >= 4 is 23.1 Å². The van der Waals surface area contributed by atoms with Crippen molar-refractivity contribution in [2.75, 3.05) is 7.11 Å². The van der Waals surface area contributed by atoms with Crippen molar-refractivity contribution in [1.29, 1.82) is 0 Å². The summed E-state index contributed by atoms with van der Waals surface area (Å²) in [5, 5.41) is 0.458. The molecule has 0 aromatic carbocycles. The lowest BCUT2D eigenvalue weighted by Crippen LogP contribution is -2.39. The number of nitrogens with zero attached hydrogens (tertiary/aromatic N) is 3. The molecule has 0 N–H and O–H groups in total. The first-order valence-electron chi connectivity index (χ1n) is 7.46. The lowest BCUT2D eigenvalue weighted by molar-refractivity contribution is -0.154. The van der Waals surface area contributed by atoms with Gasteiger partial charge in [-0.1, -0.05) is 18.5 Å². The monoisotopic (exact) mass is 321 g/mol. The number of rotatable bonds is 2. The number of ether oxygens (including phenoxy) is 1. The lowest BCUT2D eigenvalue weighted by atomic mass is 9.65. The molecule has 2 aromatic rings. The Labute approximate surface area is 134 Å². The highest BCUT2D eigenvalue weighted by molar-refractivity contribution is 6.32. The molecule has 1 saturated carbocycles. The Morgan fingerprint density at radius 3 is 2.59 bits per heavy atom. The van der Waals surface area contributed by atoms with Crippen LogP contribution in [0.15, 0.2) is 18.6 Å². The van der Waals surface area contributed by atoms with Crippen molar-refractivity contribution < 1.29 is 9.53 Å². The number of aromatic nitrogens is 3. The molecule has 2 heterocycles. The largest absolute Gasteiger partial charge is 0.469 e. The van der Waals surface area contributed by atoms with Gasteiger partial charge < -0.3 is 4.74 Å². The smallest absolute Gasteiger partial charge is 0.311 e. The Morgan fingerprint density at radius 2 is 1.95 bits per heavy atom. The van der Waals surface area contributed by atoms with Crippen LogP contribution in [0, 0.1) is 5.41 Å². The summed E-state index contributed by atoms with van der Waals surface area (Å²) in [6.07, 6.45) is 8.71. The van der Waals surface area contributed by atoms with E-state index in [1.54, 1.807) is 12.4 Å². The summed E-state index contributed by atoms with van der Waals surface area (Å²) in [5.41, 5.74) is 0.354. The zero-order valence-corrected chi connectivity index (χ0v) is 13.9.